The lowest BCUT2D eigenvalue weighted by Crippen LogP contribution is -2.16. The molecule has 0 fully saturated rings. The van der Waals surface area contributed by atoms with E-state index in [1.54, 1.807) is 48.5 Å². The van der Waals surface area contributed by atoms with Crippen LogP contribution in [0.1, 0.15) is 10.4 Å². The number of carbonyl (C=O) groups is 1. The van der Waals surface area contributed by atoms with Crippen LogP contribution in [0.4, 0.5) is 11.4 Å². The van der Waals surface area contributed by atoms with E-state index in [1.165, 1.54) is 32.4 Å². The Morgan fingerprint density at radius 1 is 0.933 bits per heavy atom. The third kappa shape index (κ3) is 4.84. The molecule has 0 saturated heterocycles. The number of hydrogen-bond acceptors (Lipinski definition) is 5. The maximum atomic E-state index is 12.8. The Labute approximate surface area is 179 Å². The first-order valence-electron chi connectivity index (χ1n) is 8.75. The van der Waals surface area contributed by atoms with Gasteiger partial charge in [0.15, 0.2) is 0 Å². The highest BCUT2D eigenvalue weighted by Gasteiger charge is 2.21. The zero-order chi connectivity index (χ0) is 21.7. The number of rotatable bonds is 7. The van der Waals surface area contributed by atoms with E-state index in [4.69, 9.17) is 21.1 Å². The number of benzene rings is 3. The lowest BCUT2D eigenvalue weighted by Gasteiger charge is -2.13. The van der Waals surface area contributed by atoms with Crippen molar-refractivity contribution >= 4 is 38.9 Å². The number of methoxy groups -OCH3 is 2. The monoisotopic (exact) mass is 446 g/mol. The van der Waals surface area contributed by atoms with Gasteiger partial charge in [0.1, 0.15) is 16.4 Å². The summed E-state index contributed by atoms with van der Waals surface area (Å²) in [4.78, 5) is 12.5. The third-order valence-corrected chi connectivity index (χ3v) is 6.03. The van der Waals surface area contributed by atoms with Crippen LogP contribution in [0.2, 0.25) is 5.02 Å². The molecule has 9 heteroatoms. The number of hydrogen-bond donors (Lipinski definition) is 2. The molecule has 3 aromatic carbocycles. The van der Waals surface area contributed by atoms with Gasteiger partial charge in [-0.1, -0.05) is 29.8 Å². The van der Waals surface area contributed by atoms with E-state index >= 15 is 0 Å². The zero-order valence-electron chi connectivity index (χ0n) is 16.2. The van der Waals surface area contributed by atoms with Crippen LogP contribution in [-0.2, 0) is 10.0 Å². The lowest BCUT2D eigenvalue weighted by molar-refractivity contribution is 0.102. The molecular formula is C21H19ClN2O5S. The first-order valence-corrected chi connectivity index (χ1v) is 10.6. The quantitative estimate of drug-likeness (QED) is 0.560. The topological polar surface area (TPSA) is 93.7 Å². The Kier molecular flexibility index (Phi) is 6.49. The minimum atomic E-state index is -4.00. The summed E-state index contributed by atoms with van der Waals surface area (Å²) in [6.07, 6.45) is 0. The van der Waals surface area contributed by atoms with Crippen LogP contribution in [0.3, 0.4) is 0 Å². The fourth-order valence-corrected chi connectivity index (χ4v) is 4.25. The number of carbonyl (C=O) groups excluding carboxylic acids is 1. The predicted molar refractivity (Wildman–Crippen MR) is 116 cm³/mol. The molecule has 3 rings (SSSR count). The van der Waals surface area contributed by atoms with Crippen molar-refractivity contribution in [1.29, 1.82) is 0 Å². The van der Waals surface area contributed by atoms with Crippen LogP contribution in [0.5, 0.6) is 11.5 Å². The number of ether oxygens (including phenoxy) is 2. The molecule has 30 heavy (non-hydrogen) atoms. The molecule has 7 nitrogen and oxygen atoms in total. The highest BCUT2D eigenvalue weighted by Crippen LogP contribution is 2.30. The second kappa shape index (κ2) is 9.06. The smallest absolute Gasteiger partial charge is 0.263 e. The average molecular weight is 447 g/mol. The molecule has 0 saturated carbocycles. The summed E-state index contributed by atoms with van der Waals surface area (Å²) in [5.74, 6) is 0.443. The Morgan fingerprint density at radius 3 is 2.33 bits per heavy atom. The van der Waals surface area contributed by atoms with E-state index in [9.17, 15) is 13.2 Å². The SMILES string of the molecule is COc1ccc(NC(=O)c2ccc(Cl)c(S(=O)(=O)Nc3ccccc3)c2)c(OC)c1. The molecule has 0 radical (unpaired) electrons. The second-order valence-corrected chi connectivity index (χ2v) is 8.20. The maximum absolute atomic E-state index is 12.8. The molecule has 3 aromatic rings. The Morgan fingerprint density at radius 2 is 1.67 bits per heavy atom. The van der Waals surface area contributed by atoms with Crippen molar-refractivity contribution in [2.24, 2.45) is 0 Å². The van der Waals surface area contributed by atoms with Gasteiger partial charge in [-0.15, -0.1) is 0 Å². The number of anilines is 2. The van der Waals surface area contributed by atoms with E-state index < -0.39 is 15.9 Å². The summed E-state index contributed by atoms with van der Waals surface area (Å²) in [6.45, 7) is 0. The van der Waals surface area contributed by atoms with Crippen LogP contribution in [-0.4, -0.2) is 28.5 Å². The molecule has 0 bridgehead atoms. The Hall–Kier alpha value is -3.23. The molecular weight excluding hydrogens is 428 g/mol. The molecule has 0 aliphatic rings. The van der Waals surface area contributed by atoms with Gasteiger partial charge in [0, 0.05) is 17.3 Å². The molecule has 1 amide bonds. The van der Waals surface area contributed by atoms with Gasteiger partial charge in [0.25, 0.3) is 15.9 Å². The van der Waals surface area contributed by atoms with Crippen molar-refractivity contribution < 1.29 is 22.7 Å². The summed E-state index contributed by atoms with van der Waals surface area (Å²) >= 11 is 6.11. The third-order valence-electron chi connectivity index (χ3n) is 4.17. The number of nitrogens with one attached hydrogen (secondary N) is 2. The highest BCUT2D eigenvalue weighted by molar-refractivity contribution is 7.92. The first-order chi connectivity index (χ1) is 14.3. The molecule has 0 aliphatic carbocycles. The fraction of sp³-hybridized carbons (Fsp3) is 0.0952. The summed E-state index contributed by atoms with van der Waals surface area (Å²) < 4.78 is 38.4. The Bertz CT molecular complexity index is 1170. The molecule has 0 aromatic heterocycles. The van der Waals surface area contributed by atoms with E-state index in [0.717, 1.165) is 0 Å². The lowest BCUT2D eigenvalue weighted by atomic mass is 10.2. The van der Waals surface area contributed by atoms with Gasteiger partial charge in [-0.05, 0) is 42.5 Å². The molecule has 0 heterocycles. The minimum absolute atomic E-state index is 0.00277. The molecule has 0 aliphatic heterocycles. The van der Waals surface area contributed by atoms with Crippen molar-refractivity contribution in [3.8, 4) is 11.5 Å². The van der Waals surface area contributed by atoms with Crippen LogP contribution < -0.4 is 19.5 Å². The van der Waals surface area contributed by atoms with Gasteiger partial charge < -0.3 is 14.8 Å². The van der Waals surface area contributed by atoms with Gasteiger partial charge >= 0.3 is 0 Å². The van der Waals surface area contributed by atoms with E-state index in [0.29, 0.717) is 22.9 Å². The molecule has 0 unspecified atom stereocenters. The normalized spacial score (nSPS) is 10.9. The van der Waals surface area contributed by atoms with Crippen LogP contribution in [0, 0.1) is 0 Å². The highest BCUT2D eigenvalue weighted by atomic mass is 35.5. The van der Waals surface area contributed by atoms with E-state index in [2.05, 4.69) is 10.0 Å². The van der Waals surface area contributed by atoms with Crippen LogP contribution in [0.25, 0.3) is 0 Å². The second-order valence-electron chi connectivity index (χ2n) is 6.14. The largest absolute Gasteiger partial charge is 0.497 e. The van der Waals surface area contributed by atoms with Crippen molar-refractivity contribution in [2.45, 2.75) is 4.90 Å². The maximum Gasteiger partial charge on any atom is 0.263 e. The first kappa shape index (κ1) is 21.5. The van der Waals surface area contributed by atoms with Gasteiger partial charge in [0.05, 0.1) is 24.9 Å². The average Bonchev–Trinajstić information content (AvgIpc) is 2.74. The molecule has 2 N–H and O–H groups in total. The number of para-hydroxylation sites is 1. The van der Waals surface area contributed by atoms with Crippen LogP contribution in [0.15, 0.2) is 71.6 Å². The van der Waals surface area contributed by atoms with Crippen molar-refractivity contribution in [3.05, 3.63) is 77.3 Å². The Balaban J connectivity index is 1.88. The molecule has 0 atom stereocenters. The summed E-state index contributed by atoms with van der Waals surface area (Å²) in [5, 5.41) is 2.70. The van der Waals surface area contributed by atoms with Gasteiger partial charge in [-0.3, -0.25) is 9.52 Å². The van der Waals surface area contributed by atoms with E-state index in [1.807, 2.05) is 0 Å². The predicted octanol–water partition coefficient (Wildman–Crippen LogP) is 4.41. The minimum Gasteiger partial charge on any atom is -0.497 e. The number of sulfonamides is 1. The van der Waals surface area contributed by atoms with Crippen LogP contribution >= 0.6 is 11.6 Å². The van der Waals surface area contributed by atoms with Gasteiger partial charge in [-0.2, -0.15) is 0 Å². The number of amides is 1. The summed E-state index contributed by atoms with van der Waals surface area (Å²) in [7, 11) is -1.01. The van der Waals surface area contributed by atoms with Crippen molar-refractivity contribution in [1.82, 2.24) is 0 Å². The summed E-state index contributed by atoms with van der Waals surface area (Å²) in [5.41, 5.74) is 0.905. The summed E-state index contributed by atoms with van der Waals surface area (Å²) in [6, 6.07) is 17.3. The zero-order valence-corrected chi connectivity index (χ0v) is 17.8. The molecule has 0 spiro atoms. The fourth-order valence-electron chi connectivity index (χ4n) is 2.66. The van der Waals surface area contributed by atoms with E-state index in [-0.39, 0.29) is 15.5 Å². The van der Waals surface area contributed by atoms with Gasteiger partial charge in [-0.25, -0.2) is 8.42 Å². The van der Waals surface area contributed by atoms with Gasteiger partial charge in [0.2, 0.25) is 0 Å². The van der Waals surface area contributed by atoms with Crippen molar-refractivity contribution in [3.63, 3.8) is 0 Å². The van der Waals surface area contributed by atoms with Crippen molar-refractivity contribution in [2.75, 3.05) is 24.3 Å². The standard InChI is InChI=1S/C21H19ClN2O5S/c1-28-16-9-11-18(19(13-16)29-2)23-21(25)14-8-10-17(22)20(12-14)30(26,27)24-15-6-4-3-5-7-15/h3-13,24H,1-2H3,(H,23,25). The molecule has 156 valence electrons. The number of halogens is 1.